The molecule has 110 valence electrons. The number of benzene rings is 1. The predicted octanol–water partition coefficient (Wildman–Crippen LogP) is 3.31. The molecule has 0 aromatic heterocycles. The van der Waals surface area contributed by atoms with Crippen LogP contribution in [0, 0.1) is 12.8 Å². The summed E-state index contributed by atoms with van der Waals surface area (Å²) in [6.45, 7) is 7.98. The quantitative estimate of drug-likeness (QED) is 0.790. The van der Waals surface area contributed by atoms with Crippen LogP contribution in [0.3, 0.4) is 0 Å². The monoisotopic (exact) mass is 275 g/mol. The van der Waals surface area contributed by atoms with E-state index < -0.39 is 0 Å². The fourth-order valence-electron chi connectivity index (χ4n) is 2.90. The van der Waals surface area contributed by atoms with E-state index in [1.165, 1.54) is 12.8 Å². The normalized spacial score (nSPS) is 23.6. The standard InChI is InChI=1S/C17H25NO2/c1-12-6-8-15(17(9-12)20-4)16(19)11-18-10-13(2)5-7-14(18)3/h6,8-9,13-14H,5,7,10-11H2,1-4H3. The summed E-state index contributed by atoms with van der Waals surface area (Å²) in [6.07, 6.45) is 2.44. The predicted molar refractivity (Wildman–Crippen MR) is 81.5 cm³/mol. The van der Waals surface area contributed by atoms with Crippen LogP contribution in [0.25, 0.3) is 0 Å². The Balaban J connectivity index is 2.11. The van der Waals surface area contributed by atoms with Crippen molar-refractivity contribution >= 4 is 5.78 Å². The van der Waals surface area contributed by atoms with Gasteiger partial charge in [0.25, 0.3) is 0 Å². The van der Waals surface area contributed by atoms with Crippen molar-refractivity contribution in [1.82, 2.24) is 4.90 Å². The molecule has 20 heavy (non-hydrogen) atoms. The van der Waals surface area contributed by atoms with Gasteiger partial charge in [0.1, 0.15) is 5.75 Å². The van der Waals surface area contributed by atoms with Crippen LogP contribution in [-0.2, 0) is 0 Å². The second-order valence-electron chi connectivity index (χ2n) is 6.09. The first kappa shape index (κ1) is 15.0. The number of methoxy groups -OCH3 is 1. The first-order valence-corrected chi connectivity index (χ1v) is 7.43. The minimum Gasteiger partial charge on any atom is -0.496 e. The lowest BCUT2D eigenvalue weighted by Crippen LogP contribution is -2.43. The smallest absolute Gasteiger partial charge is 0.180 e. The molecule has 0 aliphatic carbocycles. The highest BCUT2D eigenvalue weighted by Crippen LogP contribution is 2.24. The Labute approximate surface area is 121 Å². The lowest BCUT2D eigenvalue weighted by Gasteiger charge is -2.36. The largest absolute Gasteiger partial charge is 0.496 e. The summed E-state index contributed by atoms with van der Waals surface area (Å²) < 4.78 is 5.35. The third-order valence-electron chi connectivity index (χ3n) is 4.25. The molecule has 1 aromatic carbocycles. The van der Waals surface area contributed by atoms with Gasteiger partial charge in [0.2, 0.25) is 0 Å². The van der Waals surface area contributed by atoms with Crippen molar-refractivity contribution in [3.63, 3.8) is 0 Å². The maximum Gasteiger partial charge on any atom is 0.180 e. The van der Waals surface area contributed by atoms with Gasteiger partial charge in [-0.2, -0.15) is 0 Å². The van der Waals surface area contributed by atoms with Crippen LogP contribution in [0.15, 0.2) is 18.2 Å². The van der Waals surface area contributed by atoms with E-state index in [1.54, 1.807) is 7.11 Å². The van der Waals surface area contributed by atoms with Gasteiger partial charge in [0, 0.05) is 12.6 Å². The number of hydrogen-bond acceptors (Lipinski definition) is 3. The van der Waals surface area contributed by atoms with Gasteiger partial charge in [0.05, 0.1) is 19.2 Å². The number of Topliss-reactive ketones (excluding diaryl/α,β-unsaturated/α-hetero) is 1. The molecule has 2 atom stereocenters. The van der Waals surface area contributed by atoms with Gasteiger partial charge in [-0.3, -0.25) is 9.69 Å². The minimum atomic E-state index is 0.155. The van der Waals surface area contributed by atoms with Crippen LogP contribution >= 0.6 is 0 Å². The molecule has 0 bridgehead atoms. The summed E-state index contributed by atoms with van der Waals surface area (Å²) in [5, 5.41) is 0. The van der Waals surface area contributed by atoms with Crippen LogP contribution < -0.4 is 4.74 Å². The van der Waals surface area contributed by atoms with E-state index >= 15 is 0 Å². The van der Waals surface area contributed by atoms with Crippen molar-refractivity contribution in [3.8, 4) is 5.75 Å². The molecular weight excluding hydrogens is 250 g/mol. The Kier molecular flexibility index (Phi) is 4.81. The average Bonchev–Trinajstić information content (AvgIpc) is 2.42. The summed E-state index contributed by atoms with van der Waals surface area (Å²) in [4.78, 5) is 14.8. The number of likely N-dealkylation sites (tertiary alicyclic amines) is 1. The van der Waals surface area contributed by atoms with E-state index in [4.69, 9.17) is 4.74 Å². The molecule has 1 fully saturated rings. The highest BCUT2D eigenvalue weighted by Gasteiger charge is 2.25. The van der Waals surface area contributed by atoms with Crippen molar-refractivity contribution in [2.75, 3.05) is 20.2 Å². The molecule has 0 amide bonds. The zero-order valence-electron chi connectivity index (χ0n) is 13.0. The Bertz CT molecular complexity index is 484. The van der Waals surface area contributed by atoms with Gasteiger partial charge in [-0.1, -0.05) is 13.0 Å². The van der Waals surface area contributed by atoms with E-state index in [1.807, 2.05) is 25.1 Å². The topological polar surface area (TPSA) is 29.5 Å². The van der Waals surface area contributed by atoms with E-state index in [0.717, 1.165) is 12.1 Å². The summed E-state index contributed by atoms with van der Waals surface area (Å²) >= 11 is 0. The molecular formula is C17H25NO2. The molecule has 2 unspecified atom stereocenters. The molecule has 1 saturated heterocycles. The van der Waals surface area contributed by atoms with Crippen LogP contribution in [0.2, 0.25) is 0 Å². The molecule has 2 rings (SSSR count). The number of hydrogen-bond donors (Lipinski definition) is 0. The fourth-order valence-corrected chi connectivity index (χ4v) is 2.90. The second kappa shape index (κ2) is 6.40. The Morgan fingerprint density at radius 3 is 2.80 bits per heavy atom. The SMILES string of the molecule is COc1cc(C)ccc1C(=O)CN1CC(C)CCC1C. The van der Waals surface area contributed by atoms with Crippen LogP contribution in [0.1, 0.15) is 42.6 Å². The van der Waals surface area contributed by atoms with Gasteiger partial charge in [0.15, 0.2) is 5.78 Å². The number of rotatable bonds is 4. The molecule has 1 aliphatic heterocycles. The summed E-state index contributed by atoms with van der Waals surface area (Å²) in [5.74, 6) is 1.52. The van der Waals surface area contributed by atoms with Crippen molar-refractivity contribution in [1.29, 1.82) is 0 Å². The molecule has 0 N–H and O–H groups in total. The molecule has 1 aliphatic rings. The number of carbonyl (C=O) groups is 1. The number of piperidine rings is 1. The van der Waals surface area contributed by atoms with Crippen LogP contribution in [0.4, 0.5) is 0 Å². The first-order chi connectivity index (χ1) is 9.51. The van der Waals surface area contributed by atoms with Gasteiger partial charge >= 0.3 is 0 Å². The highest BCUT2D eigenvalue weighted by molar-refractivity contribution is 6.00. The average molecular weight is 275 g/mol. The number of ketones is 1. The van der Waals surface area contributed by atoms with E-state index in [0.29, 0.717) is 29.8 Å². The van der Waals surface area contributed by atoms with Crippen molar-refractivity contribution in [3.05, 3.63) is 29.3 Å². The Morgan fingerprint density at radius 1 is 1.35 bits per heavy atom. The first-order valence-electron chi connectivity index (χ1n) is 7.43. The summed E-state index contributed by atoms with van der Waals surface area (Å²) in [5.41, 5.74) is 1.81. The molecule has 0 saturated carbocycles. The van der Waals surface area contributed by atoms with E-state index in [9.17, 15) is 4.79 Å². The fraction of sp³-hybridized carbons (Fsp3) is 0.588. The van der Waals surface area contributed by atoms with Gasteiger partial charge in [-0.05, 0) is 50.3 Å². The maximum absolute atomic E-state index is 12.5. The van der Waals surface area contributed by atoms with Gasteiger partial charge in [-0.15, -0.1) is 0 Å². The van der Waals surface area contributed by atoms with Gasteiger partial charge in [-0.25, -0.2) is 0 Å². The number of aryl methyl sites for hydroxylation is 1. The molecule has 3 nitrogen and oxygen atoms in total. The second-order valence-corrected chi connectivity index (χ2v) is 6.09. The highest BCUT2D eigenvalue weighted by atomic mass is 16.5. The number of nitrogens with zero attached hydrogens (tertiary/aromatic N) is 1. The molecule has 0 spiro atoms. The number of carbonyl (C=O) groups excluding carboxylic acids is 1. The van der Waals surface area contributed by atoms with Crippen molar-refractivity contribution in [2.24, 2.45) is 5.92 Å². The molecule has 1 aromatic rings. The zero-order valence-corrected chi connectivity index (χ0v) is 13.0. The minimum absolute atomic E-state index is 0.155. The lowest BCUT2D eigenvalue weighted by molar-refractivity contribution is 0.0802. The Morgan fingerprint density at radius 2 is 2.10 bits per heavy atom. The zero-order chi connectivity index (χ0) is 14.7. The third kappa shape index (κ3) is 3.40. The van der Waals surface area contributed by atoms with E-state index in [-0.39, 0.29) is 5.78 Å². The van der Waals surface area contributed by atoms with Crippen LogP contribution in [0.5, 0.6) is 5.75 Å². The van der Waals surface area contributed by atoms with Crippen molar-refractivity contribution in [2.45, 2.75) is 39.7 Å². The molecule has 3 heteroatoms. The lowest BCUT2D eigenvalue weighted by atomic mass is 9.94. The molecule has 1 heterocycles. The molecule has 0 radical (unpaired) electrons. The Hall–Kier alpha value is -1.35. The van der Waals surface area contributed by atoms with Gasteiger partial charge < -0.3 is 4.74 Å². The number of ether oxygens (including phenoxy) is 1. The van der Waals surface area contributed by atoms with Crippen LogP contribution in [-0.4, -0.2) is 36.9 Å². The third-order valence-corrected chi connectivity index (χ3v) is 4.25. The summed E-state index contributed by atoms with van der Waals surface area (Å²) in [6, 6.07) is 6.27. The van der Waals surface area contributed by atoms with Crippen molar-refractivity contribution < 1.29 is 9.53 Å². The van der Waals surface area contributed by atoms with E-state index in [2.05, 4.69) is 18.7 Å². The summed E-state index contributed by atoms with van der Waals surface area (Å²) in [7, 11) is 1.62. The maximum atomic E-state index is 12.5.